The summed E-state index contributed by atoms with van der Waals surface area (Å²) in [4.78, 5) is 37.7. The van der Waals surface area contributed by atoms with E-state index >= 15 is 0 Å². The molecule has 0 aliphatic heterocycles. The van der Waals surface area contributed by atoms with E-state index in [9.17, 15) is 14.4 Å². The van der Waals surface area contributed by atoms with E-state index < -0.39 is 18.0 Å². The van der Waals surface area contributed by atoms with Crippen molar-refractivity contribution in [2.45, 2.75) is 26.5 Å². The number of esters is 2. The fraction of sp³-hybridized carbons (Fsp3) is 0.179. The van der Waals surface area contributed by atoms with Crippen LogP contribution in [0.3, 0.4) is 0 Å². The standard InChI is InChI=1S/C28H26N4O6/c1-3-24-25(32(31-30-24)17-19-9-15-23(36-2)16-10-19)27(34)38-26(33)21-11-13-22(14-12-21)29-28(35)37-18-20-7-5-4-6-8-20/h4-16H,3,17-18H2,1-2H3,(H,29,35). The third-order valence-electron chi connectivity index (χ3n) is 5.59. The lowest BCUT2D eigenvalue weighted by Crippen LogP contribution is -2.19. The number of nitrogens with one attached hydrogen (secondary N) is 1. The number of nitrogens with zero attached hydrogens (tertiary/aromatic N) is 3. The van der Waals surface area contributed by atoms with Gasteiger partial charge in [0.05, 0.1) is 24.9 Å². The summed E-state index contributed by atoms with van der Waals surface area (Å²) in [6.45, 7) is 2.22. The minimum Gasteiger partial charge on any atom is -0.497 e. The molecule has 10 heteroatoms. The maximum absolute atomic E-state index is 12.9. The number of anilines is 1. The first kappa shape index (κ1) is 26.1. The van der Waals surface area contributed by atoms with Crippen LogP contribution in [0.25, 0.3) is 0 Å². The first-order valence-electron chi connectivity index (χ1n) is 11.9. The zero-order valence-corrected chi connectivity index (χ0v) is 20.9. The second-order valence-corrected chi connectivity index (χ2v) is 8.19. The minimum atomic E-state index is -0.850. The van der Waals surface area contributed by atoms with E-state index in [2.05, 4.69) is 15.6 Å². The number of amides is 1. The number of hydrogen-bond donors (Lipinski definition) is 1. The third kappa shape index (κ3) is 6.61. The normalized spacial score (nSPS) is 10.5. The van der Waals surface area contributed by atoms with Gasteiger partial charge in [0.25, 0.3) is 0 Å². The van der Waals surface area contributed by atoms with Gasteiger partial charge in [-0.25, -0.2) is 19.1 Å². The predicted octanol–water partition coefficient (Wildman–Crippen LogP) is 4.64. The van der Waals surface area contributed by atoms with Gasteiger partial charge < -0.3 is 14.2 Å². The largest absolute Gasteiger partial charge is 0.497 e. The highest BCUT2D eigenvalue weighted by molar-refractivity contribution is 6.02. The second kappa shape index (κ2) is 12.3. The number of carbonyl (C=O) groups is 3. The lowest BCUT2D eigenvalue weighted by atomic mass is 10.2. The van der Waals surface area contributed by atoms with Gasteiger partial charge in [-0.05, 0) is 53.9 Å². The molecular weight excluding hydrogens is 488 g/mol. The summed E-state index contributed by atoms with van der Waals surface area (Å²) in [5, 5.41) is 10.7. The second-order valence-electron chi connectivity index (χ2n) is 8.19. The van der Waals surface area contributed by atoms with Crippen LogP contribution in [0.5, 0.6) is 5.75 Å². The number of ether oxygens (including phenoxy) is 3. The van der Waals surface area contributed by atoms with Gasteiger partial charge in [0.15, 0.2) is 5.69 Å². The van der Waals surface area contributed by atoms with Crippen molar-refractivity contribution in [2.24, 2.45) is 0 Å². The lowest BCUT2D eigenvalue weighted by Gasteiger charge is -2.09. The van der Waals surface area contributed by atoms with Crippen LogP contribution < -0.4 is 10.1 Å². The van der Waals surface area contributed by atoms with Crippen LogP contribution in [0.2, 0.25) is 0 Å². The molecule has 0 aliphatic carbocycles. The molecule has 3 aromatic carbocycles. The van der Waals surface area contributed by atoms with E-state index in [-0.39, 0.29) is 24.4 Å². The Kier molecular flexibility index (Phi) is 8.45. The molecule has 4 aromatic rings. The van der Waals surface area contributed by atoms with Crippen LogP contribution in [-0.2, 0) is 29.0 Å². The molecule has 1 aromatic heterocycles. The monoisotopic (exact) mass is 514 g/mol. The Morgan fingerprint density at radius 1 is 0.868 bits per heavy atom. The highest BCUT2D eigenvalue weighted by Gasteiger charge is 2.24. The van der Waals surface area contributed by atoms with Gasteiger partial charge in [0.2, 0.25) is 0 Å². The number of carbonyl (C=O) groups excluding carboxylic acids is 3. The molecule has 0 radical (unpaired) electrons. The molecule has 1 amide bonds. The molecule has 0 bridgehead atoms. The Morgan fingerprint density at radius 2 is 1.58 bits per heavy atom. The van der Waals surface area contributed by atoms with E-state index in [1.54, 1.807) is 19.2 Å². The van der Waals surface area contributed by atoms with Gasteiger partial charge in [-0.3, -0.25) is 5.32 Å². The number of aryl methyl sites for hydroxylation is 1. The summed E-state index contributed by atoms with van der Waals surface area (Å²) < 4.78 is 16.9. The highest BCUT2D eigenvalue weighted by Crippen LogP contribution is 2.17. The Hall–Kier alpha value is -4.99. The van der Waals surface area contributed by atoms with Crippen molar-refractivity contribution < 1.29 is 28.6 Å². The molecule has 0 saturated carbocycles. The summed E-state index contributed by atoms with van der Waals surface area (Å²) in [6.07, 6.45) is -0.203. The third-order valence-corrected chi connectivity index (χ3v) is 5.59. The molecule has 194 valence electrons. The van der Waals surface area contributed by atoms with E-state index in [1.165, 1.54) is 28.9 Å². The van der Waals surface area contributed by atoms with Crippen LogP contribution in [-0.4, -0.2) is 40.1 Å². The van der Waals surface area contributed by atoms with Gasteiger partial charge >= 0.3 is 18.0 Å². The van der Waals surface area contributed by atoms with Gasteiger partial charge in [-0.2, -0.15) is 0 Å². The SMILES string of the molecule is CCc1nnn(Cc2ccc(OC)cc2)c1C(=O)OC(=O)c1ccc(NC(=O)OCc2ccccc2)cc1. The highest BCUT2D eigenvalue weighted by atomic mass is 16.6. The number of aromatic nitrogens is 3. The van der Waals surface area contributed by atoms with Gasteiger partial charge in [-0.15, -0.1) is 5.10 Å². The number of rotatable bonds is 9. The fourth-order valence-electron chi connectivity index (χ4n) is 3.58. The topological polar surface area (TPSA) is 122 Å². The number of benzene rings is 3. The van der Waals surface area contributed by atoms with Crippen LogP contribution in [0.4, 0.5) is 10.5 Å². The predicted molar refractivity (Wildman–Crippen MR) is 138 cm³/mol. The average Bonchev–Trinajstić information content (AvgIpc) is 3.36. The minimum absolute atomic E-state index is 0.108. The van der Waals surface area contributed by atoms with E-state index in [0.717, 1.165) is 11.1 Å². The molecule has 38 heavy (non-hydrogen) atoms. The van der Waals surface area contributed by atoms with Gasteiger partial charge in [-0.1, -0.05) is 54.6 Å². The Bertz CT molecular complexity index is 1400. The number of methoxy groups -OCH3 is 1. The smallest absolute Gasteiger partial charge is 0.411 e. The summed E-state index contributed by atoms with van der Waals surface area (Å²) >= 11 is 0. The first-order chi connectivity index (χ1) is 18.5. The Labute approximate surface area is 219 Å². The van der Waals surface area contributed by atoms with Crippen LogP contribution in [0.1, 0.15) is 44.6 Å². The lowest BCUT2D eigenvalue weighted by molar-refractivity contribution is 0.0388. The van der Waals surface area contributed by atoms with Crippen LogP contribution in [0, 0.1) is 0 Å². The zero-order chi connectivity index (χ0) is 26.9. The molecule has 10 nitrogen and oxygen atoms in total. The first-order valence-corrected chi connectivity index (χ1v) is 11.9. The van der Waals surface area contributed by atoms with Crippen molar-refractivity contribution in [1.82, 2.24) is 15.0 Å². The number of hydrogen-bond acceptors (Lipinski definition) is 8. The molecule has 4 rings (SSSR count). The Balaban J connectivity index is 1.37. The van der Waals surface area contributed by atoms with E-state index in [1.807, 2.05) is 49.4 Å². The summed E-state index contributed by atoms with van der Waals surface area (Å²) in [6, 6.07) is 22.5. The van der Waals surface area contributed by atoms with Crippen molar-refractivity contribution in [3.63, 3.8) is 0 Å². The molecule has 0 aliphatic rings. The van der Waals surface area contributed by atoms with Crippen molar-refractivity contribution in [1.29, 1.82) is 0 Å². The van der Waals surface area contributed by atoms with Crippen molar-refractivity contribution in [2.75, 3.05) is 12.4 Å². The van der Waals surface area contributed by atoms with Gasteiger partial charge in [0, 0.05) is 5.69 Å². The molecule has 0 unspecified atom stereocenters. The molecule has 1 heterocycles. The van der Waals surface area contributed by atoms with Crippen LogP contribution in [0.15, 0.2) is 78.9 Å². The maximum Gasteiger partial charge on any atom is 0.411 e. The van der Waals surface area contributed by atoms with Crippen molar-refractivity contribution in [3.8, 4) is 5.75 Å². The van der Waals surface area contributed by atoms with E-state index in [4.69, 9.17) is 14.2 Å². The summed E-state index contributed by atoms with van der Waals surface area (Å²) in [5.74, 6) is -0.985. The van der Waals surface area contributed by atoms with E-state index in [0.29, 0.717) is 23.6 Å². The fourth-order valence-corrected chi connectivity index (χ4v) is 3.58. The molecule has 0 fully saturated rings. The average molecular weight is 515 g/mol. The molecule has 0 spiro atoms. The zero-order valence-electron chi connectivity index (χ0n) is 20.9. The van der Waals surface area contributed by atoms with Gasteiger partial charge in [0.1, 0.15) is 12.4 Å². The maximum atomic E-state index is 12.9. The van der Waals surface area contributed by atoms with Crippen LogP contribution >= 0.6 is 0 Å². The summed E-state index contributed by atoms with van der Waals surface area (Å²) in [5.41, 5.74) is 2.80. The molecule has 1 N–H and O–H groups in total. The summed E-state index contributed by atoms with van der Waals surface area (Å²) in [7, 11) is 1.58. The quantitative estimate of drug-likeness (QED) is 0.253. The van der Waals surface area contributed by atoms with Crippen molar-refractivity contribution >= 4 is 23.7 Å². The Morgan fingerprint density at radius 3 is 2.24 bits per heavy atom. The molecule has 0 saturated heterocycles. The molecule has 0 atom stereocenters. The van der Waals surface area contributed by atoms with Crippen molar-refractivity contribution in [3.05, 3.63) is 107 Å². The molecular formula is C28H26N4O6.